The molecule has 0 bridgehead atoms. The number of carbonyl (C=O) groups is 1. The van der Waals surface area contributed by atoms with Crippen LogP contribution >= 0.6 is 0 Å². The minimum absolute atomic E-state index is 0.0596. The zero-order valence-electron chi connectivity index (χ0n) is 11.1. The predicted octanol–water partition coefficient (Wildman–Crippen LogP) is 3.62. The van der Waals surface area contributed by atoms with Crippen LogP contribution in [0.15, 0.2) is 30.5 Å². The van der Waals surface area contributed by atoms with Gasteiger partial charge in [0.05, 0.1) is 5.56 Å². The number of rotatable bonds is 2. The fourth-order valence-corrected chi connectivity index (χ4v) is 2.95. The van der Waals surface area contributed by atoms with Crippen molar-refractivity contribution in [2.75, 3.05) is 0 Å². The first-order chi connectivity index (χ1) is 9.34. The van der Waals surface area contributed by atoms with Crippen LogP contribution in [0.2, 0.25) is 0 Å². The normalized spacial score (nSPS) is 17.3. The Bertz CT molecular complexity index is 565. The Kier molecular flexibility index (Phi) is 3.53. The van der Waals surface area contributed by atoms with Crippen LogP contribution in [0.5, 0.6) is 0 Å². The van der Waals surface area contributed by atoms with E-state index in [4.69, 9.17) is 0 Å². The molecular weight excluding hydrogens is 236 g/mol. The Morgan fingerprint density at radius 3 is 2.63 bits per heavy atom. The molecule has 0 saturated heterocycles. The lowest BCUT2D eigenvalue weighted by Gasteiger charge is -2.15. The van der Waals surface area contributed by atoms with E-state index in [1.54, 1.807) is 0 Å². The van der Waals surface area contributed by atoms with Crippen molar-refractivity contribution in [3.05, 3.63) is 36.0 Å². The van der Waals surface area contributed by atoms with Gasteiger partial charge in [-0.05, 0) is 18.9 Å². The Balaban J connectivity index is 1.76. The van der Waals surface area contributed by atoms with Gasteiger partial charge >= 0.3 is 0 Å². The van der Waals surface area contributed by atoms with Gasteiger partial charge in [0.25, 0.3) is 5.91 Å². The van der Waals surface area contributed by atoms with E-state index in [-0.39, 0.29) is 5.91 Å². The van der Waals surface area contributed by atoms with Gasteiger partial charge in [-0.15, -0.1) is 0 Å². The van der Waals surface area contributed by atoms with Gasteiger partial charge < -0.3 is 10.3 Å². The molecule has 1 aliphatic rings. The number of aromatic amines is 1. The second-order valence-electron chi connectivity index (χ2n) is 5.41. The third-order valence-electron chi connectivity index (χ3n) is 4.02. The van der Waals surface area contributed by atoms with Crippen LogP contribution in [0.3, 0.4) is 0 Å². The smallest absolute Gasteiger partial charge is 0.253 e. The van der Waals surface area contributed by atoms with Crippen molar-refractivity contribution in [2.45, 2.75) is 44.6 Å². The Hall–Kier alpha value is -1.77. The molecule has 0 spiro atoms. The Labute approximate surface area is 113 Å². The van der Waals surface area contributed by atoms with Crippen molar-refractivity contribution >= 4 is 16.8 Å². The zero-order valence-corrected chi connectivity index (χ0v) is 11.1. The van der Waals surface area contributed by atoms with E-state index in [1.807, 2.05) is 30.5 Å². The Morgan fingerprint density at radius 1 is 1.11 bits per heavy atom. The fourth-order valence-electron chi connectivity index (χ4n) is 2.95. The number of para-hydroxylation sites is 1. The van der Waals surface area contributed by atoms with E-state index in [1.165, 1.54) is 25.7 Å². The molecule has 0 aliphatic heterocycles. The minimum atomic E-state index is 0.0596. The number of nitrogens with one attached hydrogen (secondary N) is 2. The third kappa shape index (κ3) is 2.65. The highest BCUT2D eigenvalue weighted by Gasteiger charge is 2.17. The summed E-state index contributed by atoms with van der Waals surface area (Å²) in [7, 11) is 0. The molecule has 2 aromatic rings. The highest BCUT2D eigenvalue weighted by atomic mass is 16.1. The number of benzene rings is 1. The molecule has 1 heterocycles. The quantitative estimate of drug-likeness (QED) is 0.792. The molecular formula is C16H20N2O. The van der Waals surface area contributed by atoms with E-state index >= 15 is 0 Å². The van der Waals surface area contributed by atoms with Crippen molar-refractivity contribution in [2.24, 2.45) is 0 Å². The van der Waals surface area contributed by atoms with Crippen molar-refractivity contribution in [1.29, 1.82) is 0 Å². The van der Waals surface area contributed by atoms with Gasteiger partial charge in [-0.1, -0.05) is 43.9 Å². The second-order valence-corrected chi connectivity index (χ2v) is 5.41. The predicted molar refractivity (Wildman–Crippen MR) is 77.3 cm³/mol. The number of fused-ring (bicyclic) bond motifs is 1. The van der Waals surface area contributed by atoms with Crippen LogP contribution in [0.4, 0.5) is 0 Å². The monoisotopic (exact) mass is 256 g/mol. The fraction of sp³-hybridized carbons (Fsp3) is 0.438. The van der Waals surface area contributed by atoms with Crippen molar-refractivity contribution < 1.29 is 4.79 Å². The van der Waals surface area contributed by atoms with Gasteiger partial charge in [0.2, 0.25) is 0 Å². The standard InChI is InChI=1S/C16H20N2O/c19-16(18-12-7-3-1-2-4-8-12)14-11-17-15-10-6-5-9-13(14)15/h5-6,9-12,17H,1-4,7-8H2,(H,18,19). The average molecular weight is 256 g/mol. The maximum absolute atomic E-state index is 12.4. The molecule has 3 nitrogen and oxygen atoms in total. The van der Waals surface area contributed by atoms with Crippen LogP contribution < -0.4 is 5.32 Å². The summed E-state index contributed by atoms with van der Waals surface area (Å²) in [4.78, 5) is 15.5. The summed E-state index contributed by atoms with van der Waals surface area (Å²) in [6.07, 6.45) is 9.13. The van der Waals surface area contributed by atoms with E-state index in [2.05, 4.69) is 10.3 Å². The first kappa shape index (κ1) is 12.3. The summed E-state index contributed by atoms with van der Waals surface area (Å²) >= 11 is 0. The number of hydrogen-bond acceptors (Lipinski definition) is 1. The lowest BCUT2D eigenvalue weighted by atomic mass is 10.1. The number of H-pyrrole nitrogens is 1. The zero-order chi connectivity index (χ0) is 13.1. The maximum atomic E-state index is 12.4. The number of carbonyl (C=O) groups excluding carboxylic acids is 1. The molecule has 1 aromatic carbocycles. The second kappa shape index (κ2) is 5.47. The lowest BCUT2D eigenvalue weighted by Crippen LogP contribution is -2.34. The number of amides is 1. The summed E-state index contributed by atoms with van der Waals surface area (Å²) < 4.78 is 0. The largest absolute Gasteiger partial charge is 0.360 e. The van der Waals surface area contributed by atoms with E-state index in [0.717, 1.165) is 29.3 Å². The summed E-state index contributed by atoms with van der Waals surface area (Å²) in [5.74, 6) is 0.0596. The molecule has 3 rings (SSSR count). The van der Waals surface area contributed by atoms with Gasteiger partial charge in [0.1, 0.15) is 0 Å². The van der Waals surface area contributed by atoms with Gasteiger partial charge in [0, 0.05) is 23.1 Å². The van der Waals surface area contributed by atoms with Crippen LogP contribution in [-0.4, -0.2) is 16.9 Å². The summed E-state index contributed by atoms with van der Waals surface area (Å²) in [6.45, 7) is 0. The molecule has 3 heteroatoms. The molecule has 0 radical (unpaired) electrons. The highest BCUT2D eigenvalue weighted by Crippen LogP contribution is 2.20. The van der Waals surface area contributed by atoms with Crippen LogP contribution in [0.1, 0.15) is 48.9 Å². The van der Waals surface area contributed by atoms with Crippen LogP contribution in [0, 0.1) is 0 Å². The SMILES string of the molecule is O=C(NC1CCCCCC1)c1c[nH]c2ccccc12. The molecule has 1 aromatic heterocycles. The molecule has 1 saturated carbocycles. The molecule has 1 aliphatic carbocycles. The summed E-state index contributed by atoms with van der Waals surface area (Å²) in [5.41, 5.74) is 1.79. The summed E-state index contributed by atoms with van der Waals surface area (Å²) in [5, 5.41) is 4.20. The van der Waals surface area contributed by atoms with Crippen molar-refractivity contribution in [3.63, 3.8) is 0 Å². The van der Waals surface area contributed by atoms with E-state index < -0.39 is 0 Å². The van der Waals surface area contributed by atoms with Gasteiger partial charge in [-0.2, -0.15) is 0 Å². The van der Waals surface area contributed by atoms with Crippen LogP contribution in [0.25, 0.3) is 10.9 Å². The molecule has 0 atom stereocenters. The number of aromatic nitrogens is 1. The van der Waals surface area contributed by atoms with Gasteiger partial charge in [-0.3, -0.25) is 4.79 Å². The first-order valence-electron chi connectivity index (χ1n) is 7.21. The molecule has 1 fully saturated rings. The molecule has 100 valence electrons. The molecule has 2 N–H and O–H groups in total. The summed E-state index contributed by atoms with van der Waals surface area (Å²) in [6, 6.07) is 8.29. The lowest BCUT2D eigenvalue weighted by molar-refractivity contribution is 0.0935. The molecule has 19 heavy (non-hydrogen) atoms. The Morgan fingerprint density at radius 2 is 1.84 bits per heavy atom. The van der Waals surface area contributed by atoms with E-state index in [9.17, 15) is 4.79 Å². The van der Waals surface area contributed by atoms with E-state index in [0.29, 0.717) is 6.04 Å². The van der Waals surface area contributed by atoms with Gasteiger partial charge in [-0.25, -0.2) is 0 Å². The topological polar surface area (TPSA) is 44.9 Å². The maximum Gasteiger partial charge on any atom is 0.253 e. The molecule has 0 unspecified atom stereocenters. The van der Waals surface area contributed by atoms with Crippen LogP contribution in [-0.2, 0) is 0 Å². The van der Waals surface area contributed by atoms with Crippen molar-refractivity contribution in [3.8, 4) is 0 Å². The third-order valence-corrected chi connectivity index (χ3v) is 4.02. The first-order valence-corrected chi connectivity index (χ1v) is 7.21. The molecule has 1 amide bonds. The highest BCUT2D eigenvalue weighted by molar-refractivity contribution is 6.06. The van der Waals surface area contributed by atoms with Gasteiger partial charge in [0.15, 0.2) is 0 Å². The minimum Gasteiger partial charge on any atom is -0.360 e. The number of hydrogen-bond donors (Lipinski definition) is 2. The van der Waals surface area contributed by atoms with Crippen molar-refractivity contribution in [1.82, 2.24) is 10.3 Å². The average Bonchev–Trinajstić information content (AvgIpc) is 2.70.